The smallest absolute Gasteiger partial charge is 0.253 e. The molecule has 2 amide bonds. The average molecular weight is 467 g/mol. The number of amides is 2. The van der Waals surface area contributed by atoms with Gasteiger partial charge < -0.3 is 10.6 Å². The number of aromatic nitrogens is 6. The van der Waals surface area contributed by atoms with Crippen LogP contribution in [0.2, 0.25) is 0 Å². The van der Waals surface area contributed by atoms with Gasteiger partial charge in [-0.05, 0) is 49.4 Å². The molecule has 4 aromatic heterocycles. The number of hydrogen-bond donors (Lipinski definition) is 2. The molecular formula is C25H22N8O2. The molecule has 0 aliphatic carbocycles. The Balaban J connectivity index is 1.49. The summed E-state index contributed by atoms with van der Waals surface area (Å²) < 4.78 is 3.39. The van der Waals surface area contributed by atoms with Crippen molar-refractivity contribution in [2.45, 2.75) is 13.3 Å². The zero-order valence-electron chi connectivity index (χ0n) is 19.1. The molecule has 0 atom stereocenters. The second-order valence-electron chi connectivity index (χ2n) is 7.90. The third kappa shape index (κ3) is 4.49. The number of aryl methyl sites for hydroxylation is 1. The second kappa shape index (κ2) is 9.18. The Labute approximate surface area is 200 Å². The largest absolute Gasteiger partial charge is 0.355 e. The molecule has 0 saturated carbocycles. The van der Waals surface area contributed by atoms with Crippen LogP contribution in [0, 0.1) is 6.92 Å². The maximum Gasteiger partial charge on any atom is 0.253 e. The first-order valence-electron chi connectivity index (χ1n) is 11.0. The number of fused-ring (bicyclic) bond motifs is 1. The minimum atomic E-state index is -0.290. The zero-order chi connectivity index (χ0) is 24.4. The minimum absolute atomic E-state index is 0.0134. The molecule has 10 nitrogen and oxygen atoms in total. The highest BCUT2D eigenvalue weighted by Gasteiger charge is 2.17. The first-order chi connectivity index (χ1) is 17.0. The van der Waals surface area contributed by atoms with E-state index in [0.717, 1.165) is 22.6 Å². The SMILES string of the molecule is CNC(=O)c1ccccc1NC(=O)Cc1cc(-c2ccc3ncnn3c2)n(-c2cccc(C)n2)n1. The standard InChI is InChI=1S/C25H22N8O2/c1-16-6-5-9-23(29-16)33-21(17-10-11-22-27-15-28-32(22)14-17)12-18(31-33)13-24(34)30-20-8-4-3-7-19(20)25(35)26-2/h3-12,14-15H,13H2,1-2H3,(H,26,35)(H,30,34). The van der Waals surface area contributed by atoms with Crippen molar-refractivity contribution in [2.24, 2.45) is 0 Å². The molecule has 0 fully saturated rings. The molecule has 5 rings (SSSR count). The normalized spacial score (nSPS) is 10.9. The van der Waals surface area contributed by atoms with Gasteiger partial charge in [0.2, 0.25) is 5.91 Å². The van der Waals surface area contributed by atoms with Crippen LogP contribution in [0.5, 0.6) is 0 Å². The molecule has 10 heteroatoms. The summed E-state index contributed by atoms with van der Waals surface area (Å²) in [6, 6.07) is 18.2. The number of hydrogen-bond acceptors (Lipinski definition) is 6. The summed E-state index contributed by atoms with van der Waals surface area (Å²) in [5.41, 5.74) is 4.55. The van der Waals surface area contributed by atoms with E-state index in [2.05, 4.69) is 30.8 Å². The molecule has 0 saturated heterocycles. The zero-order valence-corrected chi connectivity index (χ0v) is 19.1. The van der Waals surface area contributed by atoms with Crippen molar-refractivity contribution in [3.8, 4) is 17.1 Å². The van der Waals surface area contributed by atoms with E-state index in [1.807, 2.05) is 49.5 Å². The van der Waals surface area contributed by atoms with Crippen molar-refractivity contribution >= 4 is 23.1 Å². The van der Waals surface area contributed by atoms with E-state index in [4.69, 9.17) is 0 Å². The molecule has 0 aliphatic rings. The lowest BCUT2D eigenvalue weighted by atomic mass is 10.1. The van der Waals surface area contributed by atoms with Crippen LogP contribution < -0.4 is 10.6 Å². The number of carbonyl (C=O) groups is 2. The Morgan fingerprint density at radius 2 is 1.89 bits per heavy atom. The number of carbonyl (C=O) groups excluding carboxylic acids is 2. The van der Waals surface area contributed by atoms with E-state index < -0.39 is 0 Å². The Hall–Kier alpha value is -4.86. The number of benzene rings is 1. The monoisotopic (exact) mass is 466 g/mol. The molecule has 0 aliphatic heterocycles. The van der Waals surface area contributed by atoms with Gasteiger partial charge in [0.25, 0.3) is 5.91 Å². The summed E-state index contributed by atoms with van der Waals surface area (Å²) in [6.45, 7) is 1.91. The van der Waals surface area contributed by atoms with Crippen molar-refractivity contribution in [3.05, 3.63) is 90.1 Å². The molecule has 1 aromatic carbocycles. The Bertz CT molecular complexity index is 1550. The third-order valence-corrected chi connectivity index (χ3v) is 5.43. The molecule has 35 heavy (non-hydrogen) atoms. The predicted molar refractivity (Wildman–Crippen MR) is 130 cm³/mol. The van der Waals surface area contributed by atoms with Crippen molar-refractivity contribution in [3.63, 3.8) is 0 Å². The average Bonchev–Trinajstić information content (AvgIpc) is 3.50. The van der Waals surface area contributed by atoms with E-state index in [1.165, 1.54) is 6.33 Å². The van der Waals surface area contributed by atoms with Gasteiger partial charge in [-0.25, -0.2) is 19.2 Å². The number of anilines is 1. The van der Waals surface area contributed by atoms with Gasteiger partial charge in [-0.1, -0.05) is 18.2 Å². The number of para-hydroxylation sites is 1. The summed E-state index contributed by atoms with van der Waals surface area (Å²) >= 11 is 0. The molecule has 0 unspecified atom stereocenters. The minimum Gasteiger partial charge on any atom is -0.355 e. The fraction of sp³-hybridized carbons (Fsp3) is 0.120. The van der Waals surface area contributed by atoms with Gasteiger partial charge in [-0.3, -0.25) is 9.59 Å². The maximum atomic E-state index is 12.9. The Morgan fingerprint density at radius 3 is 2.71 bits per heavy atom. The number of nitrogens with one attached hydrogen (secondary N) is 2. The predicted octanol–water partition coefficient (Wildman–Crippen LogP) is 2.83. The van der Waals surface area contributed by atoms with Gasteiger partial charge in [-0.2, -0.15) is 10.2 Å². The van der Waals surface area contributed by atoms with Gasteiger partial charge in [0.15, 0.2) is 11.5 Å². The summed E-state index contributed by atoms with van der Waals surface area (Å²) in [6.07, 6.45) is 3.36. The number of pyridine rings is 2. The van der Waals surface area contributed by atoms with E-state index in [1.54, 1.807) is 40.5 Å². The van der Waals surface area contributed by atoms with Gasteiger partial charge in [0.1, 0.15) is 6.33 Å². The van der Waals surface area contributed by atoms with Gasteiger partial charge in [0, 0.05) is 24.5 Å². The summed E-state index contributed by atoms with van der Waals surface area (Å²) in [4.78, 5) is 33.8. The number of nitrogens with zero attached hydrogens (tertiary/aromatic N) is 6. The fourth-order valence-corrected chi connectivity index (χ4v) is 3.80. The van der Waals surface area contributed by atoms with E-state index >= 15 is 0 Å². The van der Waals surface area contributed by atoms with Crippen molar-refractivity contribution in [1.82, 2.24) is 34.7 Å². The summed E-state index contributed by atoms with van der Waals surface area (Å²) in [5.74, 6) is 0.0679. The van der Waals surface area contributed by atoms with E-state index in [9.17, 15) is 9.59 Å². The fourth-order valence-electron chi connectivity index (χ4n) is 3.80. The molecule has 5 aromatic rings. The quantitative estimate of drug-likeness (QED) is 0.397. The maximum absolute atomic E-state index is 12.9. The highest BCUT2D eigenvalue weighted by atomic mass is 16.2. The third-order valence-electron chi connectivity index (χ3n) is 5.43. The van der Waals surface area contributed by atoms with Crippen LogP contribution >= 0.6 is 0 Å². The van der Waals surface area contributed by atoms with E-state index in [0.29, 0.717) is 22.8 Å². The Morgan fingerprint density at radius 1 is 1.03 bits per heavy atom. The van der Waals surface area contributed by atoms with Crippen LogP contribution in [-0.4, -0.2) is 48.2 Å². The molecule has 0 bridgehead atoms. The van der Waals surface area contributed by atoms with Crippen molar-refractivity contribution < 1.29 is 9.59 Å². The Kier molecular flexibility index (Phi) is 5.76. The van der Waals surface area contributed by atoms with Crippen molar-refractivity contribution in [1.29, 1.82) is 0 Å². The van der Waals surface area contributed by atoms with Crippen LogP contribution in [0.4, 0.5) is 5.69 Å². The molecule has 174 valence electrons. The van der Waals surface area contributed by atoms with Crippen molar-refractivity contribution in [2.75, 3.05) is 12.4 Å². The lowest BCUT2D eigenvalue weighted by molar-refractivity contribution is -0.115. The van der Waals surface area contributed by atoms with Gasteiger partial charge in [0.05, 0.1) is 29.1 Å². The summed E-state index contributed by atoms with van der Waals surface area (Å²) in [5, 5.41) is 14.3. The lowest BCUT2D eigenvalue weighted by Gasteiger charge is -2.09. The van der Waals surface area contributed by atoms with Gasteiger partial charge in [-0.15, -0.1) is 0 Å². The molecule has 0 radical (unpaired) electrons. The second-order valence-corrected chi connectivity index (χ2v) is 7.90. The van der Waals surface area contributed by atoms with Crippen LogP contribution in [0.3, 0.4) is 0 Å². The molecule has 4 heterocycles. The van der Waals surface area contributed by atoms with Crippen LogP contribution in [0.25, 0.3) is 22.7 Å². The first kappa shape index (κ1) is 22.0. The van der Waals surface area contributed by atoms with Gasteiger partial charge >= 0.3 is 0 Å². The van der Waals surface area contributed by atoms with Crippen LogP contribution in [0.15, 0.2) is 73.2 Å². The lowest BCUT2D eigenvalue weighted by Crippen LogP contribution is -2.22. The molecule has 2 N–H and O–H groups in total. The molecular weight excluding hydrogens is 444 g/mol. The highest BCUT2D eigenvalue weighted by Crippen LogP contribution is 2.24. The first-order valence-corrected chi connectivity index (χ1v) is 11.0. The van der Waals surface area contributed by atoms with Crippen LogP contribution in [0.1, 0.15) is 21.7 Å². The van der Waals surface area contributed by atoms with E-state index in [-0.39, 0.29) is 18.2 Å². The highest BCUT2D eigenvalue weighted by molar-refractivity contribution is 6.03. The topological polar surface area (TPSA) is 119 Å². The van der Waals surface area contributed by atoms with Crippen LogP contribution in [-0.2, 0) is 11.2 Å². The number of rotatable bonds is 6. The molecule has 0 spiro atoms. The summed E-state index contributed by atoms with van der Waals surface area (Å²) in [7, 11) is 1.55.